The van der Waals surface area contributed by atoms with E-state index in [4.69, 9.17) is 4.42 Å². The first kappa shape index (κ1) is 17.9. The monoisotopic (exact) mass is 390 g/mol. The zero-order chi connectivity index (χ0) is 18.9. The molecule has 0 aliphatic heterocycles. The van der Waals surface area contributed by atoms with Gasteiger partial charge in [-0.25, -0.2) is 17.2 Å². The molecule has 3 aromatic rings. The zero-order valence-electron chi connectivity index (χ0n) is 12.7. The van der Waals surface area contributed by atoms with Crippen LogP contribution in [0.2, 0.25) is 0 Å². The van der Waals surface area contributed by atoms with Gasteiger partial charge < -0.3 is 14.1 Å². The highest BCUT2D eigenvalue weighted by atomic mass is 32.2. The summed E-state index contributed by atoms with van der Waals surface area (Å²) in [6.45, 7) is -3.35. The first-order valence-corrected chi connectivity index (χ1v) is 8.42. The number of anilines is 1. The minimum Gasteiger partial charge on any atom is -0.472 e. The molecule has 0 aliphatic carbocycles. The molecule has 0 saturated heterocycles. The molecule has 0 amide bonds. The largest absolute Gasteiger partial charge is 0.472 e. The van der Waals surface area contributed by atoms with Gasteiger partial charge in [-0.2, -0.15) is 8.78 Å². The first-order chi connectivity index (χ1) is 12.3. The van der Waals surface area contributed by atoms with Gasteiger partial charge >= 0.3 is 6.61 Å². The van der Waals surface area contributed by atoms with Crippen LogP contribution in [-0.4, -0.2) is 20.0 Å². The summed E-state index contributed by atoms with van der Waals surface area (Å²) in [7, 11) is -4.27. The number of hydrogen-bond acceptors (Lipinski definition) is 4. The fourth-order valence-electron chi connectivity index (χ4n) is 2.11. The minimum absolute atomic E-state index is 0.249. The molecule has 0 unspecified atom stereocenters. The average Bonchev–Trinajstić information content (AvgIpc) is 3.22. The highest BCUT2D eigenvalue weighted by Gasteiger charge is 2.21. The maximum absolute atomic E-state index is 13.9. The Morgan fingerprint density at radius 1 is 1.15 bits per heavy atom. The molecule has 1 aromatic carbocycles. The van der Waals surface area contributed by atoms with Crippen LogP contribution >= 0.6 is 0 Å². The number of furan rings is 1. The van der Waals surface area contributed by atoms with Gasteiger partial charge in [-0.15, -0.1) is 0 Å². The second-order valence-electron chi connectivity index (χ2n) is 5.01. The van der Waals surface area contributed by atoms with Crippen LogP contribution in [0, 0.1) is 11.6 Å². The molecular weight excluding hydrogens is 380 g/mol. The molecule has 11 heteroatoms. The van der Waals surface area contributed by atoms with E-state index >= 15 is 0 Å². The van der Waals surface area contributed by atoms with Crippen molar-refractivity contribution in [3.05, 3.63) is 54.6 Å². The topological polar surface area (TPSA) is 84.3 Å². The van der Waals surface area contributed by atoms with Crippen LogP contribution < -0.4 is 9.46 Å². The van der Waals surface area contributed by atoms with Gasteiger partial charge in [0.05, 0.1) is 23.9 Å². The molecular formula is C15H10F4N2O4S. The predicted molar refractivity (Wildman–Crippen MR) is 82.3 cm³/mol. The number of sulfonamides is 1. The fourth-order valence-corrected chi connectivity index (χ4v) is 3.16. The van der Waals surface area contributed by atoms with E-state index < -0.39 is 39.7 Å². The van der Waals surface area contributed by atoms with Gasteiger partial charge in [0, 0.05) is 23.9 Å². The molecule has 0 aliphatic rings. The van der Waals surface area contributed by atoms with Crippen molar-refractivity contribution in [1.29, 1.82) is 0 Å². The first-order valence-electron chi connectivity index (χ1n) is 6.94. The van der Waals surface area contributed by atoms with E-state index in [-0.39, 0.29) is 4.90 Å². The van der Waals surface area contributed by atoms with Crippen molar-refractivity contribution < 1.29 is 35.1 Å². The molecule has 2 aromatic heterocycles. The lowest BCUT2D eigenvalue weighted by atomic mass is 10.2. The summed E-state index contributed by atoms with van der Waals surface area (Å²) in [6, 6.07) is 3.59. The Labute approximate surface area is 144 Å². The van der Waals surface area contributed by atoms with Crippen molar-refractivity contribution >= 4 is 15.7 Å². The number of nitrogens with one attached hydrogen (secondary N) is 2. The van der Waals surface area contributed by atoms with Gasteiger partial charge in [0.25, 0.3) is 10.0 Å². The van der Waals surface area contributed by atoms with Gasteiger partial charge in [-0.3, -0.25) is 4.72 Å². The maximum atomic E-state index is 13.9. The van der Waals surface area contributed by atoms with Crippen molar-refractivity contribution in [2.24, 2.45) is 0 Å². The Bertz CT molecular complexity index is 1020. The smallest absolute Gasteiger partial charge is 0.387 e. The lowest BCUT2D eigenvalue weighted by molar-refractivity contribution is -0.0523. The molecule has 3 rings (SSSR count). The van der Waals surface area contributed by atoms with E-state index in [1.54, 1.807) is 6.07 Å². The van der Waals surface area contributed by atoms with Crippen molar-refractivity contribution in [3.8, 4) is 17.0 Å². The molecule has 138 valence electrons. The third kappa shape index (κ3) is 3.67. The summed E-state index contributed by atoms with van der Waals surface area (Å²) in [5.41, 5.74) is 0.249. The molecule has 2 N–H and O–H groups in total. The molecule has 0 saturated carbocycles. The van der Waals surface area contributed by atoms with Crippen molar-refractivity contribution in [2.45, 2.75) is 11.5 Å². The number of H-pyrrole nitrogens is 1. The Hall–Kier alpha value is -2.95. The number of rotatable bonds is 6. The summed E-state index contributed by atoms with van der Waals surface area (Å²) in [6.07, 6.45) is 3.92. The van der Waals surface area contributed by atoms with Gasteiger partial charge in [0.1, 0.15) is 4.90 Å². The van der Waals surface area contributed by atoms with E-state index in [0.717, 1.165) is 6.20 Å². The Balaban J connectivity index is 1.87. The molecule has 0 spiro atoms. The van der Waals surface area contributed by atoms with Crippen LogP contribution in [0.4, 0.5) is 23.2 Å². The molecule has 0 radical (unpaired) electrons. The van der Waals surface area contributed by atoms with Crippen LogP contribution in [-0.2, 0) is 10.0 Å². The number of halogens is 4. The Kier molecular flexibility index (Phi) is 4.64. The van der Waals surface area contributed by atoms with Crippen LogP contribution in [0.1, 0.15) is 0 Å². The SMILES string of the molecule is O=S(=O)(Nc1cc(F)c(OC(F)F)cc1F)c1c[nH]c(-c2ccoc2)c1. The minimum atomic E-state index is -4.27. The number of ether oxygens (including phenoxy) is 1. The summed E-state index contributed by atoms with van der Waals surface area (Å²) in [4.78, 5) is 2.46. The zero-order valence-corrected chi connectivity index (χ0v) is 13.5. The number of hydrogen-bond donors (Lipinski definition) is 2. The van der Waals surface area contributed by atoms with Crippen molar-refractivity contribution in [3.63, 3.8) is 0 Å². The summed E-state index contributed by atoms with van der Waals surface area (Å²) >= 11 is 0. The molecule has 0 bridgehead atoms. The van der Waals surface area contributed by atoms with Crippen LogP contribution in [0.15, 0.2) is 52.3 Å². The fraction of sp³-hybridized carbons (Fsp3) is 0.0667. The van der Waals surface area contributed by atoms with E-state index in [9.17, 15) is 26.0 Å². The lowest BCUT2D eigenvalue weighted by Crippen LogP contribution is -2.14. The van der Waals surface area contributed by atoms with Crippen molar-refractivity contribution in [2.75, 3.05) is 4.72 Å². The molecule has 0 atom stereocenters. The van der Waals surface area contributed by atoms with Gasteiger partial charge in [-0.05, 0) is 12.1 Å². The predicted octanol–water partition coefficient (Wildman–Crippen LogP) is 3.96. The standard InChI is InChI=1S/C15H10F4N2O4S/c16-10-5-14(25-15(18)19)11(17)4-13(10)21-26(22,23)9-3-12(20-6-9)8-1-2-24-7-8/h1-7,15,20-21H. The van der Waals surface area contributed by atoms with E-state index in [2.05, 4.69) is 9.72 Å². The summed E-state index contributed by atoms with van der Waals surface area (Å²) < 4.78 is 87.0. The number of aromatic nitrogens is 1. The van der Waals surface area contributed by atoms with Crippen LogP contribution in [0.3, 0.4) is 0 Å². The quantitative estimate of drug-likeness (QED) is 0.624. The molecule has 2 heterocycles. The number of aromatic amines is 1. The summed E-state index contributed by atoms with van der Waals surface area (Å²) in [5, 5.41) is 0. The number of alkyl halides is 2. The normalized spacial score (nSPS) is 11.7. The average molecular weight is 390 g/mol. The van der Waals surface area contributed by atoms with Crippen LogP contribution in [0.25, 0.3) is 11.3 Å². The van der Waals surface area contributed by atoms with Gasteiger partial charge in [0.15, 0.2) is 17.4 Å². The van der Waals surface area contributed by atoms with Crippen LogP contribution in [0.5, 0.6) is 5.75 Å². The molecule has 6 nitrogen and oxygen atoms in total. The van der Waals surface area contributed by atoms with E-state index in [1.807, 2.05) is 4.72 Å². The second kappa shape index (κ2) is 6.75. The third-order valence-corrected chi connectivity index (χ3v) is 4.63. The third-order valence-electron chi connectivity index (χ3n) is 3.28. The second-order valence-corrected chi connectivity index (χ2v) is 6.69. The maximum Gasteiger partial charge on any atom is 0.387 e. The number of benzene rings is 1. The van der Waals surface area contributed by atoms with Gasteiger partial charge in [0.2, 0.25) is 0 Å². The Morgan fingerprint density at radius 3 is 2.58 bits per heavy atom. The van der Waals surface area contributed by atoms with E-state index in [0.29, 0.717) is 23.4 Å². The summed E-state index contributed by atoms with van der Waals surface area (Å²) in [5.74, 6) is -3.67. The van der Waals surface area contributed by atoms with Crippen molar-refractivity contribution in [1.82, 2.24) is 4.98 Å². The van der Waals surface area contributed by atoms with E-state index in [1.165, 1.54) is 18.6 Å². The molecule has 26 heavy (non-hydrogen) atoms. The Morgan fingerprint density at radius 2 is 1.92 bits per heavy atom. The highest BCUT2D eigenvalue weighted by Crippen LogP contribution is 2.29. The molecule has 0 fully saturated rings. The highest BCUT2D eigenvalue weighted by molar-refractivity contribution is 7.92. The van der Waals surface area contributed by atoms with Gasteiger partial charge in [-0.1, -0.05) is 0 Å². The lowest BCUT2D eigenvalue weighted by Gasteiger charge is -2.11.